The number of ether oxygens (including phenoxy) is 2. The van der Waals surface area contributed by atoms with Gasteiger partial charge in [0.15, 0.2) is 0 Å². The van der Waals surface area contributed by atoms with E-state index in [2.05, 4.69) is 0 Å². The van der Waals surface area contributed by atoms with Gasteiger partial charge in [-0.15, -0.1) is 0 Å². The van der Waals surface area contributed by atoms with Gasteiger partial charge >= 0.3 is 35.8 Å². The summed E-state index contributed by atoms with van der Waals surface area (Å²) in [5, 5.41) is 0. The van der Waals surface area contributed by atoms with Crippen molar-refractivity contribution < 1.29 is 19.1 Å². The molecule has 0 aromatic carbocycles. The molecule has 0 atom stereocenters. The van der Waals surface area contributed by atoms with Gasteiger partial charge in [0.2, 0.25) is 0 Å². The third-order valence-electron chi connectivity index (χ3n) is 2.83. The quantitative estimate of drug-likeness (QED) is 0.229. The second-order valence-electron chi connectivity index (χ2n) is 4.78. The molecule has 5 heteroatoms. The van der Waals surface area contributed by atoms with Gasteiger partial charge in [-0.05, 0) is 25.7 Å². The minimum absolute atomic E-state index is 0. The summed E-state index contributed by atoms with van der Waals surface area (Å²) in [5.74, 6) is -0.837. The van der Waals surface area contributed by atoms with E-state index in [1.54, 1.807) is 0 Å². The summed E-state index contributed by atoms with van der Waals surface area (Å²) in [4.78, 5) is 23.5. The first-order chi connectivity index (χ1) is 9.65. The van der Waals surface area contributed by atoms with E-state index in [1.165, 1.54) is 6.08 Å². The Morgan fingerprint density at radius 3 is 1.90 bits per heavy atom. The number of esters is 2. The minimum atomic E-state index is -0.447. The Morgan fingerprint density at radius 2 is 1.38 bits per heavy atom. The van der Waals surface area contributed by atoms with Gasteiger partial charge in [-0.1, -0.05) is 40.0 Å². The van der Waals surface area contributed by atoms with Crippen LogP contribution in [0.5, 0.6) is 0 Å². The molecule has 124 valence electrons. The molecule has 0 aromatic heterocycles. The summed E-state index contributed by atoms with van der Waals surface area (Å²) in [5.41, 5.74) is 0.421. The molecule has 0 radical (unpaired) electrons. The molecule has 0 amide bonds. The van der Waals surface area contributed by atoms with Crippen LogP contribution in [-0.4, -0.2) is 49.1 Å². The molecule has 4 nitrogen and oxygen atoms in total. The monoisotopic (exact) mass is 408 g/mol. The van der Waals surface area contributed by atoms with Crippen molar-refractivity contribution >= 4 is 35.8 Å². The zero-order chi connectivity index (χ0) is 15.2. The fourth-order valence-electron chi connectivity index (χ4n) is 1.50. The predicted octanol–water partition coefficient (Wildman–Crippen LogP) is 2.34. The third kappa shape index (κ3) is 12.9. The van der Waals surface area contributed by atoms with Crippen molar-refractivity contribution in [3.05, 3.63) is 11.6 Å². The van der Waals surface area contributed by atoms with Crippen LogP contribution in [0.4, 0.5) is 0 Å². The summed E-state index contributed by atoms with van der Waals surface area (Å²) in [6.45, 7) is 6.91. The molecular weight excluding hydrogens is 375 g/mol. The molecule has 0 bridgehead atoms. The van der Waals surface area contributed by atoms with Crippen molar-refractivity contribution in [1.29, 1.82) is 0 Å². The van der Waals surface area contributed by atoms with E-state index < -0.39 is 5.97 Å². The molecule has 0 aliphatic heterocycles. The molecule has 0 N–H and O–H groups in total. The molecule has 0 aliphatic rings. The van der Waals surface area contributed by atoms with E-state index in [0.717, 1.165) is 38.5 Å². The van der Waals surface area contributed by atoms with E-state index in [9.17, 15) is 9.59 Å². The van der Waals surface area contributed by atoms with Gasteiger partial charge in [0, 0.05) is 11.6 Å². The summed E-state index contributed by atoms with van der Waals surface area (Å²) < 4.78 is 10.2. The van der Waals surface area contributed by atoms with Gasteiger partial charge in [0.25, 0.3) is 0 Å². The zero-order valence-corrected chi connectivity index (χ0v) is 13.1. The summed E-state index contributed by atoms with van der Waals surface area (Å²) in [7, 11) is 0. The van der Waals surface area contributed by atoms with Crippen LogP contribution in [0.15, 0.2) is 11.6 Å². The van der Waals surface area contributed by atoms with Crippen LogP contribution >= 0.6 is 0 Å². The molecule has 0 heterocycles. The molecule has 0 aliphatic carbocycles. The second kappa shape index (κ2) is 15.9. The van der Waals surface area contributed by atoms with Gasteiger partial charge in [-0.25, -0.2) is 9.59 Å². The number of carbonyl (C=O) groups excluding carboxylic acids is 2. The third-order valence-corrected chi connectivity index (χ3v) is 2.83. The first-order valence-corrected chi connectivity index (χ1v) is 7.70. The Morgan fingerprint density at radius 1 is 0.857 bits per heavy atom. The second-order valence-corrected chi connectivity index (χ2v) is 4.78. The fourth-order valence-corrected chi connectivity index (χ4v) is 1.50. The number of rotatable bonds is 11. The summed E-state index contributed by atoms with van der Waals surface area (Å²) in [6, 6.07) is 0. The molecular formula is C16H32O4Sn. The summed E-state index contributed by atoms with van der Waals surface area (Å²) in [6.07, 6.45) is 7.29. The molecule has 0 saturated carbocycles. The van der Waals surface area contributed by atoms with Crippen LogP contribution in [0.1, 0.15) is 65.7 Å². The van der Waals surface area contributed by atoms with Gasteiger partial charge in [-0.2, -0.15) is 0 Å². The number of hydrogen-bond donors (Lipinski definition) is 0. The van der Waals surface area contributed by atoms with Crippen molar-refractivity contribution in [2.24, 2.45) is 0 Å². The van der Waals surface area contributed by atoms with E-state index in [-0.39, 0.29) is 29.9 Å². The van der Waals surface area contributed by atoms with E-state index in [1.807, 2.05) is 20.8 Å². The Balaban J connectivity index is 0. The van der Waals surface area contributed by atoms with Gasteiger partial charge in [0.05, 0.1) is 13.2 Å². The van der Waals surface area contributed by atoms with E-state index in [4.69, 9.17) is 9.47 Å². The molecule has 0 aromatic rings. The Hall–Kier alpha value is -0.521. The van der Waals surface area contributed by atoms with Gasteiger partial charge in [0.1, 0.15) is 0 Å². The fraction of sp³-hybridized carbons (Fsp3) is 0.750. The summed E-state index contributed by atoms with van der Waals surface area (Å²) >= 11 is 0. The van der Waals surface area contributed by atoms with E-state index >= 15 is 0 Å². The normalized spacial score (nSPS) is 10.7. The maximum absolute atomic E-state index is 11.9. The van der Waals surface area contributed by atoms with Crippen molar-refractivity contribution in [1.82, 2.24) is 0 Å². The van der Waals surface area contributed by atoms with Crippen LogP contribution < -0.4 is 0 Å². The predicted molar refractivity (Wildman–Crippen MR) is 90.7 cm³/mol. The molecule has 21 heavy (non-hydrogen) atoms. The van der Waals surface area contributed by atoms with Crippen LogP contribution in [0.2, 0.25) is 0 Å². The first kappa shape index (κ1) is 22.8. The first-order valence-electron chi connectivity index (χ1n) is 7.70. The van der Waals surface area contributed by atoms with Gasteiger partial charge in [-0.3, -0.25) is 0 Å². The number of carbonyl (C=O) groups is 2. The SMILES string of the molecule is CCCCOC(=O)/C=C(/CCCC)C(=O)OCCCC.[SnH4]. The zero-order valence-electron chi connectivity index (χ0n) is 13.1. The molecule has 0 saturated heterocycles. The average Bonchev–Trinajstić information content (AvgIpc) is 2.43. The van der Waals surface area contributed by atoms with Crippen molar-refractivity contribution in [2.75, 3.05) is 13.2 Å². The number of hydrogen-bond acceptors (Lipinski definition) is 4. The molecule has 0 spiro atoms. The molecule has 0 unspecified atom stereocenters. The van der Waals surface area contributed by atoms with E-state index in [0.29, 0.717) is 25.2 Å². The standard InChI is InChI=1S/C16H28O4.Sn.4H/c1-4-7-10-14(16(18)20-12-9-6-3)13-15(17)19-11-8-5-2;;;;;/h13H,4-12H2,1-3H3;;;;;/b14-13-;;;;;. The van der Waals surface area contributed by atoms with Crippen LogP contribution in [0, 0.1) is 0 Å². The van der Waals surface area contributed by atoms with Gasteiger partial charge < -0.3 is 9.47 Å². The topological polar surface area (TPSA) is 52.6 Å². The Bertz CT molecular complexity index is 313. The van der Waals surface area contributed by atoms with Crippen LogP contribution in [0.25, 0.3) is 0 Å². The Labute approximate surface area is 145 Å². The van der Waals surface area contributed by atoms with Crippen molar-refractivity contribution in [3.63, 3.8) is 0 Å². The van der Waals surface area contributed by atoms with Crippen molar-refractivity contribution in [2.45, 2.75) is 65.7 Å². The number of unbranched alkanes of at least 4 members (excludes halogenated alkanes) is 3. The van der Waals surface area contributed by atoms with Crippen LogP contribution in [0.3, 0.4) is 0 Å². The van der Waals surface area contributed by atoms with Crippen LogP contribution in [-0.2, 0) is 19.1 Å². The maximum atomic E-state index is 11.9. The Kier molecular flexibility index (Phi) is 17.2. The molecule has 0 fully saturated rings. The molecule has 0 rings (SSSR count). The van der Waals surface area contributed by atoms with Crippen molar-refractivity contribution in [3.8, 4) is 0 Å². The average molecular weight is 407 g/mol.